The topological polar surface area (TPSA) is 92.6 Å². The van der Waals surface area contributed by atoms with Gasteiger partial charge in [0, 0.05) is 18.2 Å². The first-order valence-corrected chi connectivity index (χ1v) is 8.79. The van der Waals surface area contributed by atoms with Crippen LogP contribution in [0.15, 0.2) is 29.2 Å². The van der Waals surface area contributed by atoms with Gasteiger partial charge in [0.15, 0.2) is 4.90 Å². The number of rotatable bonds is 5. The smallest absolute Gasteiger partial charge is 0.289 e. The Labute approximate surface area is 130 Å². The zero-order valence-corrected chi connectivity index (χ0v) is 13.5. The fraction of sp³-hybridized carbons (Fsp3) is 0.571. The van der Waals surface area contributed by atoms with E-state index < -0.39 is 20.6 Å². The van der Waals surface area contributed by atoms with Crippen molar-refractivity contribution in [2.24, 2.45) is 0 Å². The SMILES string of the molecule is CC(C)N1CCC(NS(=O)(=O)c2ccccc2[N+](=O)[O-])CC1. The van der Waals surface area contributed by atoms with Gasteiger partial charge in [0.05, 0.1) is 4.92 Å². The van der Waals surface area contributed by atoms with Gasteiger partial charge < -0.3 is 4.90 Å². The zero-order chi connectivity index (χ0) is 16.3. The van der Waals surface area contributed by atoms with E-state index in [-0.39, 0.29) is 10.9 Å². The standard InChI is InChI=1S/C14H21N3O4S/c1-11(2)16-9-7-12(8-10-16)15-22(20,21)14-6-4-3-5-13(14)17(18)19/h3-6,11-12,15H,7-10H2,1-2H3. The summed E-state index contributed by atoms with van der Waals surface area (Å²) < 4.78 is 27.4. The first-order chi connectivity index (χ1) is 10.3. The van der Waals surface area contributed by atoms with E-state index in [0.29, 0.717) is 18.9 Å². The van der Waals surface area contributed by atoms with Crippen LogP contribution in [0.1, 0.15) is 26.7 Å². The Kier molecular flexibility index (Phi) is 5.15. The Bertz CT molecular complexity index is 637. The number of nitro benzene ring substituents is 1. The molecule has 8 heteroatoms. The molecule has 0 spiro atoms. The molecule has 0 aliphatic carbocycles. The molecular weight excluding hydrogens is 306 g/mol. The minimum Gasteiger partial charge on any atom is -0.301 e. The number of hydrogen-bond acceptors (Lipinski definition) is 5. The quantitative estimate of drug-likeness (QED) is 0.657. The molecule has 0 unspecified atom stereocenters. The summed E-state index contributed by atoms with van der Waals surface area (Å²) in [6.45, 7) is 5.86. The molecule has 1 aliphatic heterocycles. The van der Waals surface area contributed by atoms with Crippen molar-refractivity contribution < 1.29 is 13.3 Å². The first-order valence-electron chi connectivity index (χ1n) is 7.31. The molecule has 122 valence electrons. The van der Waals surface area contributed by atoms with Crippen LogP contribution in [0.4, 0.5) is 5.69 Å². The fourth-order valence-electron chi connectivity index (χ4n) is 2.65. The van der Waals surface area contributed by atoms with Gasteiger partial charge in [-0.2, -0.15) is 0 Å². The Morgan fingerprint density at radius 1 is 1.27 bits per heavy atom. The molecule has 1 aromatic carbocycles. The average molecular weight is 327 g/mol. The normalized spacial score (nSPS) is 17.8. The molecule has 22 heavy (non-hydrogen) atoms. The predicted molar refractivity (Wildman–Crippen MR) is 83.1 cm³/mol. The molecule has 0 radical (unpaired) electrons. The van der Waals surface area contributed by atoms with Gasteiger partial charge in [0.2, 0.25) is 10.0 Å². The lowest BCUT2D eigenvalue weighted by Gasteiger charge is -2.34. The number of nitro groups is 1. The number of sulfonamides is 1. The predicted octanol–water partition coefficient (Wildman–Crippen LogP) is 1.75. The van der Waals surface area contributed by atoms with Crippen LogP contribution in [0.2, 0.25) is 0 Å². The average Bonchev–Trinajstić information content (AvgIpc) is 2.47. The summed E-state index contributed by atoms with van der Waals surface area (Å²) in [6, 6.07) is 5.67. The molecule has 0 bridgehead atoms. The molecule has 1 fully saturated rings. The lowest BCUT2D eigenvalue weighted by atomic mass is 10.1. The van der Waals surface area contributed by atoms with E-state index in [1.165, 1.54) is 24.3 Å². The molecule has 0 amide bonds. The highest BCUT2D eigenvalue weighted by atomic mass is 32.2. The summed E-state index contributed by atoms with van der Waals surface area (Å²) in [5.74, 6) is 0. The van der Waals surface area contributed by atoms with Crippen LogP contribution in [0.25, 0.3) is 0 Å². The van der Waals surface area contributed by atoms with Gasteiger partial charge in [-0.3, -0.25) is 10.1 Å². The lowest BCUT2D eigenvalue weighted by Crippen LogP contribution is -2.46. The van der Waals surface area contributed by atoms with Gasteiger partial charge in [0.25, 0.3) is 5.69 Å². The highest BCUT2D eigenvalue weighted by Crippen LogP contribution is 2.24. The van der Waals surface area contributed by atoms with Gasteiger partial charge in [-0.25, -0.2) is 13.1 Å². The summed E-state index contributed by atoms with van der Waals surface area (Å²) in [6.07, 6.45) is 1.41. The van der Waals surface area contributed by atoms with Crippen molar-refractivity contribution in [1.29, 1.82) is 0 Å². The highest BCUT2D eigenvalue weighted by molar-refractivity contribution is 7.89. The first kappa shape index (κ1) is 16.9. The van der Waals surface area contributed by atoms with Crippen LogP contribution in [-0.4, -0.2) is 43.4 Å². The molecule has 0 atom stereocenters. The van der Waals surface area contributed by atoms with Crippen molar-refractivity contribution in [3.63, 3.8) is 0 Å². The lowest BCUT2D eigenvalue weighted by molar-refractivity contribution is -0.387. The molecule has 1 saturated heterocycles. The van der Waals surface area contributed by atoms with E-state index in [9.17, 15) is 18.5 Å². The summed E-state index contributed by atoms with van der Waals surface area (Å²) in [5.41, 5.74) is -0.394. The third kappa shape index (κ3) is 3.82. The van der Waals surface area contributed by atoms with E-state index in [0.717, 1.165) is 13.1 Å². The van der Waals surface area contributed by atoms with Crippen LogP contribution >= 0.6 is 0 Å². The van der Waals surface area contributed by atoms with Crippen molar-refractivity contribution >= 4 is 15.7 Å². The van der Waals surface area contributed by atoms with Crippen LogP contribution in [0.5, 0.6) is 0 Å². The maximum atomic E-state index is 12.4. The molecule has 0 saturated carbocycles. The largest absolute Gasteiger partial charge is 0.301 e. The number of likely N-dealkylation sites (tertiary alicyclic amines) is 1. The Balaban J connectivity index is 2.11. The number of benzene rings is 1. The van der Waals surface area contributed by atoms with Gasteiger partial charge in [-0.15, -0.1) is 0 Å². The number of para-hydroxylation sites is 1. The third-order valence-corrected chi connectivity index (χ3v) is 5.50. The van der Waals surface area contributed by atoms with E-state index in [4.69, 9.17) is 0 Å². The number of nitrogens with zero attached hydrogens (tertiary/aromatic N) is 2. The minimum atomic E-state index is -3.88. The molecule has 0 aromatic heterocycles. The van der Waals surface area contributed by atoms with E-state index in [1.54, 1.807) is 0 Å². The number of piperidine rings is 1. The van der Waals surface area contributed by atoms with Crippen molar-refractivity contribution in [3.05, 3.63) is 34.4 Å². The maximum Gasteiger partial charge on any atom is 0.289 e. The van der Waals surface area contributed by atoms with Crippen molar-refractivity contribution in [1.82, 2.24) is 9.62 Å². The Morgan fingerprint density at radius 2 is 1.86 bits per heavy atom. The van der Waals surface area contributed by atoms with Crippen LogP contribution in [0.3, 0.4) is 0 Å². The summed E-state index contributed by atoms with van der Waals surface area (Å²) >= 11 is 0. The third-order valence-electron chi connectivity index (χ3n) is 3.93. The monoisotopic (exact) mass is 327 g/mol. The van der Waals surface area contributed by atoms with Crippen LogP contribution in [0, 0.1) is 10.1 Å². The fourth-order valence-corrected chi connectivity index (χ4v) is 4.13. The summed E-state index contributed by atoms with van der Waals surface area (Å²) in [7, 11) is -3.88. The van der Waals surface area contributed by atoms with Crippen molar-refractivity contribution in [2.75, 3.05) is 13.1 Å². The van der Waals surface area contributed by atoms with E-state index in [2.05, 4.69) is 23.5 Å². The molecule has 7 nitrogen and oxygen atoms in total. The van der Waals surface area contributed by atoms with E-state index >= 15 is 0 Å². The molecular formula is C14H21N3O4S. The second-order valence-electron chi connectivity index (χ2n) is 5.75. The molecule has 1 aromatic rings. The highest BCUT2D eigenvalue weighted by Gasteiger charge is 2.29. The van der Waals surface area contributed by atoms with Gasteiger partial charge >= 0.3 is 0 Å². The zero-order valence-electron chi connectivity index (χ0n) is 12.7. The second-order valence-corrected chi connectivity index (χ2v) is 7.43. The molecule has 1 aliphatic rings. The van der Waals surface area contributed by atoms with E-state index in [1.807, 2.05) is 0 Å². The van der Waals surface area contributed by atoms with Crippen molar-refractivity contribution in [2.45, 2.75) is 43.7 Å². The molecule has 1 N–H and O–H groups in total. The van der Waals surface area contributed by atoms with Gasteiger partial charge in [-0.05, 0) is 45.8 Å². The molecule has 1 heterocycles. The Morgan fingerprint density at radius 3 is 2.41 bits per heavy atom. The number of nitrogens with one attached hydrogen (secondary N) is 1. The Hall–Kier alpha value is -1.51. The summed E-state index contributed by atoms with van der Waals surface area (Å²) in [5, 5.41) is 11.0. The van der Waals surface area contributed by atoms with Crippen LogP contribution in [-0.2, 0) is 10.0 Å². The summed E-state index contributed by atoms with van der Waals surface area (Å²) in [4.78, 5) is 12.3. The minimum absolute atomic E-state index is 0.181. The van der Waals surface area contributed by atoms with Crippen molar-refractivity contribution in [3.8, 4) is 0 Å². The van der Waals surface area contributed by atoms with Gasteiger partial charge in [0.1, 0.15) is 0 Å². The van der Waals surface area contributed by atoms with Crippen LogP contribution < -0.4 is 4.72 Å². The number of hydrogen-bond donors (Lipinski definition) is 1. The maximum absolute atomic E-state index is 12.4. The second kappa shape index (κ2) is 6.72. The van der Waals surface area contributed by atoms with Gasteiger partial charge in [-0.1, -0.05) is 12.1 Å². The molecule has 2 rings (SSSR count).